The van der Waals surface area contributed by atoms with Crippen molar-refractivity contribution in [3.8, 4) is 11.5 Å². The second kappa shape index (κ2) is 25.6. The van der Waals surface area contributed by atoms with Crippen molar-refractivity contribution in [1.29, 1.82) is 0 Å². The number of ether oxygens (including phenoxy) is 2. The molecular formula is C55H63ClF9N13O5. The van der Waals surface area contributed by atoms with Crippen molar-refractivity contribution in [3.63, 3.8) is 0 Å². The van der Waals surface area contributed by atoms with E-state index in [4.69, 9.17) is 26.8 Å². The molecule has 8 heterocycles. The molecule has 10 rings (SSSR count). The van der Waals surface area contributed by atoms with E-state index in [2.05, 4.69) is 35.6 Å². The molecule has 1 aromatic carbocycles. The number of halogens is 10. The van der Waals surface area contributed by atoms with E-state index in [1.54, 1.807) is 32.4 Å². The Morgan fingerprint density at radius 2 is 1.11 bits per heavy atom. The molecular weight excluding hydrogens is 1130 g/mol. The molecule has 448 valence electrons. The summed E-state index contributed by atoms with van der Waals surface area (Å²) in [5.74, 6) is 1.66. The lowest BCUT2D eigenvalue weighted by Crippen LogP contribution is -2.27. The molecule has 0 radical (unpaired) electrons. The zero-order valence-electron chi connectivity index (χ0n) is 46.1. The van der Waals surface area contributed by atoms with E-state index in [-0.39, 0.29) is 99.9 Å². The van der Waals surface area contributed by atoms with Gasteiger partial charge in [0.05, 0.1) is 44.4 Å². The van der Waals surface area contributed by atoms with Crippen LogP contribution in [-0.2, 0) is 59.0 Å². The highest BCUT2D eigenvalue weighted by molar-refractivity contribution is 6.29. The van der Waals surface area contributed by atoms with Gasteiger partial charge in [-0.2, -0.15) is 44.6 Å². The smallest absolute Gasteiger partial charge is 0.435 e. The van der Waals surface area contributed by atoms with Gasteiger partial charge in [-0.15, -0.1) is 10.2 Å². The highest BCUT2D eigenvalue weighted by atomic mass is 35.5. The number of nitrogens with two attached hydrogens (primary N) is 1. The average Bonchev–Trinajstić information content (AvgIpc) is 2.73. The maximum Gasteiger partial charge on any atom is 0.435 e. The van der Waals surface area contributed by atoms with Gasteiger partial charge in [-0.25, -0.2) is 28.5 Å². The average molecular weight is 1190 g/mol. The van der Waals surface area contributed by atoms with E-state index in [9.17, 15) is 53.9 Å². The number of aromatic nitrogens is 9. The Balaban J connectivity index is 0.000000167. The van der Waals surface area contributed by atoms with E-state index < -0.39 is 41.5 Å². The summed E-state index contributed by atoms with van der Waals surface area (Å²) in [6, 6.07) is 14.0. The number of carbonyl (C=O) groups excluding carboxylic acids is 3. The minimum absolute atomic E-state index is 0.00842. The molecule has 3 aliphatic rings. The number of methoxy groups -OCH3 is 2. The van der Waals surface area contributed by atoms with Crippen LogP contribution in [0.15, 0.2) is 54.6 Å². The Morgan fingerprint density at radius 1 is 0.614 bits per heavy atom. The van der Waals surface area contributed by atoms with E-state index in [1.165, 1.54) is 44.6 Å². The number of nitrogens with one attached hydrogen (secondary N) is 1. The minimum Gasteiger partial charge on any atom is -0.497 e. The molecule has 0 bridgehead atoms. The fourth-order valence-electron chi connectivity index (χ4n) is 11.1. The summed E-state index contributed by atoms with van der Waals surface area (Å²) in [5, 5.41) is 15.4. The molecule has 7 aromatic rings. The van der Waals surface area contributed by atoms with Crippen LogP contribution in [0, 0.1) is 23.7 Å². The lowest BCUT2D eigenvalue weighted by atomic mass is 9.96. The molecule has 28 heteroatoms. The van der Waals surface area contributed by atoms with Crippen LogP contribution < -0.4 is 20.5 Å². The standard InChI is InChI=1S/C24H28F3N5O3.C16H19F3N4O.C15H16ClF3N4O/c1-4-5-15-10-22(33)31(13-15)14-18-23(24(25,26)27)29-21-9-8-20(30-32(18)21)28-12-16-6-7-17(34-2)11-19(16)35-3;1-2-3-9-6-10(12(24)7-9)8-11-15(16(17,18)19)21-14-5-4-13(20)22-23(11)14;1-2-3-9-6-13(24)22(7-9)8-10-14(15(17,18)19)20-12-5-4-11(16)21-23(10)12/h6-9,11,15H,4-5,10,12-14H2,1-3H3,(H,28,30);4-5,9-10H,2-3,6-8H2,1H3,(H2,20,22);4-5,9H,2-3,6-8H2,1H3. The number of hydrogen-bond acceptors (Lipinski definition) is 13. The Kier molecular flexibility index (Phi) is 19.0. The number of imidazole rings is 3. The van der Waals surface area contributed by atoms with Crippen LogP contribution in [0.1, 0.15) is 125 Å². The topological polar surface area (TPSA) is 205 Å². The van der Waals surface area contributed by atoms with Gasteiger partial charge in [0.1, 0.15) is 34.1 Å². The third-order valence-corrected chi connectivity index (χ3v) is 15.0. The molecule has 2 amide bonds. The summed E-state index contributed by atoms with van der Waals surface area (Å²) >= 11 is 5.80. The van der Waals surface area contributed by atoms with Crippen molar-refractivity contribution in [2.24, 2.45) is 23.7 Å². The summed E-state index contributed by atoms with van der Waals surface area (Å²) in [6.45, 7) is 6.93. The van der Waals surface area contributed by atoms with E-state index in [0.717, 1.165) is 53.1 Å². The van der Waals surface area contributed by atoms with Crippen LogP contribution in [-0.4, -0.2) is 98.5 Å². The predicted octanol–water partition coefficient (Wildman–Crippen LogP) is 11.3. The van der Waals surface area contributed by atoms with Gasteiger partial charge in [-0.3, -0.25) is 14.4 Å². The van der Waals surface area contributed by atoms with E-state index >= 15 is 0 Å². The van der Waals surface area contributed by atoms with Gasteiger partial charge >= 0.3 is 18.5 Å². The Bertz CT molecular complexity index is 3330. The number of ketones is 1. The van der Waals surface area contributed by atoms with Gasteiger partial charge in [0.2, 0.25) is 11.8 Å². The summed E-state index contributed by atoms with van der Waals surface area (Å²) in [4.78, 5) is 50.8. The monoisotopic (exact) mass is 1190 g/mol. The van der Waals surface area contributed by atoms with Gasteiger partial charge in [0.15, 0.2) is 34.0 Å². The number of Topliss-reactive ketones (excluding diaryl/α,β-unsaturated/α-hetero) is 1. The molecule has 2 saturated heterocycles. The fourth-order valence-corrected chi connectivity index (χ4v) is 11.2. The lowest BCUT2D eigenvalue weighted by Gasteiger charge is -2.18. The third kappa shape index (κ3) is 14.5. The zero-order valence-corrected chi connectivity index (χ0v) is 46.9. The second-order valence-electron chi connectivity index (χ2n) is 20.9. The number of fused-ring (bicyclic) bond motifs is 3. The van der Waals surface area contributed by atoms with Gasteiger partial charge in [0.25, 0.3) is 0 Å². The zero-order chi connectivity index (χ0) is 60.1. The molecule has 2 aliphatic heterocycles. The van der Waals surface area contributed by atoms with Crippen molar-refractivity contribution < 1.29 is 63.4 Å². The van der Waals surface area contributed by atoms with E-state index in [1.807, 2.05) is 26.8 Å². The van der Waals surface area contributed by atoms with E-state index in [0.29, 0.717) is 62.6 Å². The van der Waals surface area contributed by atoms with Crippen LogP contribution in [0.2, 0.25) is 5.15 Å². The maximum atomic E-state index is 13.8. The van der Waals surface area contributed by atoms with Crippen molar-refractivity contribution >= 4 is 57.8 Å². The first-order chi connectivity index (χ1) is 39.3. The summed E-state index contributed by atoms with van der Waals surface area (Å²) < 4.78 is 135. The first-order valence-corrected chi connectivity index (χ1v) is 27.5. The number of nitrogens with zero attached hydrogens (tertiary/aromatic N) is 11. The molecule has 0 spiro atoms. The molecule has 4 unspecified atom stereocenters. The highest BCUT2D eigenvalue weighted by Gasteiger charge is 2.43. The number of nitrogen functional groups attached to an aromatic ring is 1. The second-order valence-corrected chi connectivity index (χ2v) is 21.3. The predicted molar refractivity (Wildman–Crippen MR) is 287 cm³/mol. The normalized spacial score (nSPS) is 18.6. The van der Waals surface area contributed by atoms with Gasteiger partial charge in [-0.05, 0) is 85.5 Å². The van der Waals surface area contributed by atoms with Crippen LogP contribution in [0.3, 0.4) is 0 Å². The number of likely N-dealkylation sites (tertiary alicyclic amines) is 2. The number of hydrogen-bond donors (Lipinski definition) is 2. The number of benzene rings is 1. The lowest BCUT2D eigenvalue weighted by molar-refractivity contribution is -0.143. The summed E-state index contributed by atoms with van der Waals surface area (Å²) in [6.07, 6.45) is -6.60. The van der Waals surface area contributed by atoms with Crippen molar-refractivity contribution in [1.82, 2.24) is 53.6 Å². The fraction of sp³-hybridized carbons (Fsp3) is 0.509. The van der Waals surface area contributed by atoms with Crippen molar-refractivity contribution in [3.05, 3.63) is 99.5 Å². The number of amides is 2. The number of anilines is 2. The number of alkyl halides is 9. The SMILES string of the molecule is CCCC1CC(=O)C(Cc2c(C(F)(F)F)nc3ccc(N)nn23)C1.CCCC1CC(=O)N(Cc2c(C(F)(F)F)nc3ccc(Cl)nn23)C1.CCCC1CC(=O)N(Cc2c(C(F)(F)F)nc3ccc(NCc4ccc(OC)cc4OC)nn23)C1. The first kappa shape index (κ1) is 61.6. The first-order valence-electron chi connectivity index (χ1n) is 27.1. The summed E-state index contributed by atoms with van der Waals surface area (Å²) in [5.41, 5.74) is 3.21. The quantitative estimate of drug-likeness (QED) is 0.0816. The molecule has 83 heavy (non-hydrogen) atoms. The van der Waals surface area contributed by atoms with Gasteiger partial charge in [0, 0.05) is 62.9 Å². The molecule has 18 nitrogen and oxygen atoms in total. The van der Waals surface area contributed by atoms with Crippen LogP contribution in [0.25, 0.3) is 16.9 Å². The van der Waals surface area contributed by atoms with Crippen LogP contribution >= 0.6 is 11.6 Å². The van der Waals surface area contributed by atoms with Crippen molar-refractivity contribution in [2.45, 2.75) is 130 Å². The van der Waals surface area contributed by atoms with Crippen LogP contribution in [0.4, 0.5) is 51.1 Å². The number of rotatable bonds is 17. The third-order valence-electron chi connectivity index (χ3n) is 14.8. The molecule has 6 aromatic heterocycles. The molecule has 1 saturated carbocycles. The van der Waals surface area contributed by atoms with Gasteiger partial charge in [-0.1, -0.05) is 58.1 Å². The Hall–Kier alpha value is -7.45. The van der Waals surface area contributed by atoms with Gasteiger partial charge < -0.3 is 30.3 Å². The Morgan fingerprint density at radius 3 is 1.63 bits per heavy atom. The highest BCUT2D eigenvalue weighted by Crippen LogP contribution is 2.39. The van der Waals surface area contributed by atoms with Crippen LogP contribution in [0.5, 0.6) is 11.5 Å². The molecule has 1 aliphatic carbocycles. The van der Waals surface area contributed by atoms with Crippen molar-refractivity contribution in [2.75, 3.05) is 38.4 Å². The summed E-state index contributed by atoms with van der Waals surface area (Å²) in [7, 11) is 3.10. The largest absolute Gasteiger partial charge is 0.497 e. The molecule has 4 atom stereocenters. The minimum atomic E-state index is -4.67. The molecule has 3 fully saturated rings. The molecule has 3 N–H and O–H groups in total. The maximum absolute atomic E-state index is 13.8. The number of carbonyl (C=O) groups is 3. The Labute approximate surface area is 475 Å².